The van der Waals surface area contributed by atoms with Crippen LogP contribution in [0.3, 0.4) is 0 Å². The number of sulfone groups is 2. The van der Waals surface area contributed by atoms with Crippen molar-refractivity contribution in [3.8, 4) is 40.1 Å². The van der Waals surface area contributed by atoms with Crippen LogP contribution in [-0.4, -0.2) is 77.2 Å². The molecule has 0 N–H and O–H groups in total. The number of aromatic nitrogens is 10. The van der Waals surface area contributed by atoms with E-state index in [9.17, 15) is 56.3 Å². The predicted molar refractivity (Wildman–Crippen MR) is 222 cm³/mol. The van der Waals surface area contributed by atoms with Crippen molar-refractivity contribution in [3.05, 3.63) is 107 Å². The van der Waals surface area contributed by atoms with E-state index in [4.69, 9.17) is 11.6 Å². The molecule has 0 aliphatic heterocycles. The van der Waals surface area contributed by atoms with Gasteiger partial charge < -0.3 is 9.13 Å². The number of hydrogen-bond acceptors (Lipinski definition) is 11. The molecule has 0 fully saturated rings. The Kier molecular flexibility index (Phi) is 12.3. The zero-order chi connectivity index (χ0) is 48.3. The van der Waals surface area contributed by atoms with Crippen molar-refractivity contribution in [1.29, 1.82) is 0 Å². The van der Waals surface area contributed by atoms with Crippen molar-refractivity contribution in [2.24, 2.45) is 14.1 Å². The SMILES string of the molecule is CCS(=O)(=O)c1ccc(-c2ccc(Cl)cc2)nc1-c1nc2cc(C(F)(F)F)ncc2n1C.CCS(=O)(=O)c1ccc(-n2ccc(C(F)(F)F)n2)nc1-c1nc2cc(C(F)(F)F)ncc2n1C. The fraction of sp³-hybridized carbons (Fsp3) is 0.225. The molecule has 0 aliphatic carbocycles. The van der Waals surface area contributed by atoms with E-state index < -0.39 is 55.3 Å². The molecular weight excluding hydrogens is 955 g/mol. The van der Waals surface area contributed by atoms with Crippen LogP contribution in [0.4, 0.5) is 39.5 Å². The smallest absolute Gasteiger partial charge is 0.324 e. The van der Waals surface area contributed by atoms with Crippen LogP contribution in [0.15, 0.2) is 95.1 Å². The number of imidazole rings is 2. The Morgan fingerprint density at radius 3 is 1.47 bits per heavy atom. The van der Waals surface area contributed by atoms with Gasteiger partial charge in [-0.15, -0.1) is 0 Å². The molecular formula is C40H30ClF9N10O4S2. The molecule has 7 heterocycles. The van der Waals surface area contributed by atoms with Gasteiger partial charge in [0.2, 0.25) is 0 Å². The number of hydrogen-bond donors (Lipinski definition) is 0. The van der Waals surface area contributed by atoms with Gasteiger partial charge in [0.05, 0.1) is 61.5 Å². The Morgan fingerprint density at radius 2 is 1.03 bits per heavy atom. The third kappa shape index (κ3) is 9.31. The van der Waals surface area contributed by atoms with E-state index in [-0.39, 0.29) is 66.7 Å². The summed E-state index contributed by atoms with van der Waals surface area (Å²) in [6.07, 6.45) is -11.1. The minimum atomic E-state index is -4.73. The van der Waals surface area contributed by atoms with Gasteiger partial charge in [0.1, 0.15) is 22.8 Å². The average Bonchev–Trinajstić information content (AvgIpc) is 3.99. The number of halogens is 10. The van der Waals surface area contributed by atoms with E-state index in [1.54, 1.807) is 37.4 Å². The maximum atomic E-state index is 13.1. The molecule has 1 aromatic carbocycles. The maximum absolute atomic E-state index is 13.1. The second-order valence-electron chi connectivity index (χ2n) is 14.1. The van der Waals surface area contributed by atoms with Gasteiger partial charge in [-0.2, -0.15) is 44.6 Å². The van der Waals surface area contributed by atoms with Gasteiger partial charge in [0.15, 0.2) is 42.8 Å². The van der Waals surface area contributed by atoms with Crippen LogP contribution in [0.1, 0.15) is 30.9 Å². The van der Waals surface area contributed by atoms with Crippen molar-refractivity contribution in [1.82, 2.24) is 48.8 Å². The van der Waals surface area contributed by atoms with E-state index in [0.29, 0.717) is 27.9 Å². The Hall–Kier alpha value is -6.47. The first-order valence-electron chi connectivity index (χ1n) is 18.9. The standard InChI is InChI=1S/C21H16ClF3N4O2S.C19H14F6N6O2S/c1-3-32(30,31)17-9-8-14(12-4-6-13(22)7-5-12)27-19(17)20-28-15-10-18(21(23,24)25)26-11-16(15)29(20)2;1-3-34(32,33)12-4-5-15(31-7-6-13(29-31)18(20,21)22)28-16(12)17-27-10-8-14(19(23,24)25)26-9-11(10)30(17)2/h4-11H,3H2,1-2H3;4-9H,3H2,1-2H3. The molecule has 66 heavy (non-hydrogen) atoms. The summed E-state index contributed by atoms with van der Waals surface area (Å²) in [7, 11) is -4.61. The van der Waals surface area contributed by atoms with Crippen LogP contribution in [0.5, 0.6) is 0 Å². The lowest BCUT2D eigenvalue weighted by molar-refractivity contribution is -0.142. The van der Waals surface area contributed by atoms with E-state index >= 15 is 0 Å². The number of pyridine rings is 4. The normalized spacial score (nSPS) is 12.8. The first kappa shape index (κ1) is 47.5. The zero-order valence-electron chi connectivity index (χ0n) is 34.2. The van der Waals surface area contributed by atoms with Crippen LogP contribution in [-0.2, 0) is 52.3 Å². The number of fused-ring (bicyclic) bond motifs is 2. The van der Waals surface area contributed by atoms with Gasteiger partial charge in [0, 0.05) is 30.9 Å². The van der Waals surface area contributed by atoms with Crippen molar-refractivity contribution in [2.75, 3.05) is 11.5 Å². The molecule has 0 saturated carbocycles. The minimum absolute atomic E-state index is 0.0309. The summed E-state index contributed by atoms with van der Waals surface area (Å²) in [6, 6.07) is 14.4. The molecule has 7 aromatic heterocycles. The highest BCUT2D eigenvalue weighted by Gasteiger charge is 2.36. The fourth-order valence-electron chi connectivity index (χ4n) is 6.44. The summed E-state index contributed by atoms with van der Waals surface area (Å²) < 4.78 is 172. The summed E-state index contributed by atoms with van der Waals surface area (Å²) in [5.41, 5.74) is -2.13. The number of alkyl halides is 9. The lowest BCUT2D eigenvalue weighted by Crippen LogP contribution is -2.11. The third-order valence-corrected chi connectivity index (χ3v) is 13.7. The molecule has 8 aromatic rings. The van der Waals surface area contributed by atoms with Crippen molar-refractivity contribution in [3.63, 3.8) is 0 Å². The second-order valence-corrected chi connectivity index (χ2v) is 19.0. The summed E-state index contributed by atoms with van der Waals surface area (Å²) in [4.78, 5) is 23.6. The van der Waals surface area contributed by atoms with Crippen LogP contribution in [0.2, 0.25) is 5.02 Å². The van der Waals surface area contributed by atoms with Crippen molar-refractivity contribution >= 4 is 53.3 Å². The Balaban J connectivity index is 0.000000197. The molecule has 0 aliphatic rings. The van der Waals surface area contributed by atoms with E-state index in [0.717, 1.165) is 41.5 Å². The minimum Gasteiger partial charge on any atom is -0.324 e. The summed E-state index contributed by atoms with van der Waals surface area (Å²) in [6.45, 7) is 2.88. The molecule has 0 saturated heterocycles. The van der Waals surface area contributed by atoms with Crippen LogP contribution in [0, 0.1) is 0 Å². The topological polar surface area (TPSA) is 173 Å². The Bertz CT molecular complexity index is 3390. The molecule has 0 radical (unpaired) electrons. The number of benzene rings is 1. The van der Waals surface area contributed by atoms with Crippen LogP contribution in [0.25, 0.3) is 62.2 Å². The Labute approximate surface area is 372 Å². The van der Waals surface area contributed by atoms with Gasteiger partial charge in [-0.3, -0.25) is 0 Å². The molecule has 26 heteroatoms. The first-order valence-corrected chi connectivity index (χ1v) is 22.6. The molecule has 346 valence electrons. The van der Waals surface area contributed by atoms with Crippen molar-refractivity contribution < 1.29 is 56.3 Å². The molecule has 0 unspecified atom stereocenters. The van der Waals surface area contributed by atoms with Crippen molar-refractivity contribution in [2.45, 2.75) is 42.2 Å². The third-order valence-electron chi connectivity index (χ3n) is 9.93. The average molecular weight is 985 g/mol. The van der Waals surface area contributed by atoms with Crippen LogP contribution < -0.4 is 0 Å². The highest BCUT2D eigenvalue weighted by Crippen LogP contribution is 2.36. The first-order chi connectivity index (χ1) is 30.7. The Morgan fingerprint density at radius 1 is 0.576 bits per heavy atom. The molecule has 8 rings (SSSR count). The molecule has 0 spiro atoms. The fourth-order valence-corrected chi connectivity index (χ4v) is 8.60. The maximum Gasteiger partial charge on any atom is 0.435 e. The van der Waals surface area contributed by atoms with Gasteiger partial charge in [-0.1, -0.05) is 37.6 Å². The zero-order valence-corrected chi connectivity index (χ0v) is 36.6. The van der Waals surface area contributed by atoms with Gasteiger partial charge in [-0.05, 0) is 54.6 Å². The lowest BCUT2D eigenvalue weighted by Gasteiger charge is -2.11. The van der Waals surface area contributed by atoms with Gasteiger partial charge in [0.25, 0.3) is 0 Å². The number of rotatable bonds is 8. The summed E-state index contributed by atoms with van der Waals surface area (Å²) in [5.74, 6) is -0.657. The van der Waals surface area contributed by atoms with E-state index in [2.05, 4.69) is 35.0 Å². The summed E-state index contributed by atoms with van der Waals surface area (Å²) >= 11 is 5.94. The van der Waals surface area contributed by atoms with Gasteiger partial charge in [-0.25, -0.2) is 51.4 Å². The number of aryl methyl sites for hydroxylation is 2. The quantitative estimate of drug-likeness (QED) is 0.133. The summed E-state index contributed by atoms with van der Waals surface area (Å²) in [5, 5.41) is 3.95. The van der Waals surface area contributed by atoms with E-state index in [1.807, 2.05) is 0 Å². The second kappa shape index (κ2) is 17.1. The van der Waals surface area contributed by atoms with Gasteiger partial charge >= 0.3 is 18.5 Å². The largest absolute Gasteiger partial charge is 0.435 e. The lowest BCUT2D eigenvalue weighted by atomic mass is 10.1. The highest BCUT2D eigenvalue weighted by molar-refractivity contribution is 7.91. The molecule has 0 amide bonds. The molecule has 14 nitrogen and oxygen atoms in total. The molecule has 0 bridgehead atoms. The van der Waals surface area contributed by atoms with Crippen LogP contribution >= 0.6 is 11.6 Å². The van der Waals surface area contributed by atoms with E-state index in [1.165, 1.54) is 42.2 Å². The highest BCUT2D eigenvalue weighted by atomic mass is 35.5. The number of nitrogens with zero attached hydrogens (tertiary/aromatic N) is 10. The monoisotopic (exact) mass is 984 g/mol. The predicted octanol–water partition coefficient (Wildman–Crippen LogP) is 9.21. The molecule has 0 atom stereocenters.